The van der Waals surface area contributed by atoms with Crippen LogP contribution >= 0.6 is 11.8 Å². The summed E-state index contributed by atoms with van der Waals surface area (Å²) in [4.78, 5) is 4.55. The van der Waals surface area contributed by atoms with Gasteiger partial charge in [-0.25, -0.2) is 4.98 Å². The first-order valence-corrected chi connectivity index (χ1v) is 6.50. The Kier molecular flexibility index (Phi) is 3.65. The predicted molar refractivity (Wildman–Crippen MR) is 65.0 cm³/mol. The highest BCUT2D eigenvalue weighted by Gasteiger charge is 2.16. The average molecular weight is 222 g/mol. The summed E-state index contributed by atoms with van der Waals surface area (Å²) in [7, 11) is 0. The largest absolute Gasteiger partial charge is 0.326 e. The van der Waals surface area contributed by atoms with Gasteiger partial charge in [0, 0.05) is 17.5 Å². The quantitative estimate of drug-likeness (QED) is 0.854. The summed E-state index contributed by atoms with van der Waals surface area (Å²) in [5.74, 6) is 0. The molecule has 0 radical (unpaired) electrons. The summed E-state index contributed by atoms with van der Waals surface area (Å²) in [6, 6.07) is 4.20. The van der Waals surface area contributed by atoms with E-state index >= 15 is 0 Å². The summed E-state index contributed by atoms with van der Waals surface area (Å²) < 4.78 is 0. The SMILES string of the molecule is Cc1cc(CN)cc(SC2CCCC2)n1. The van der Waals surface area contributed by atoms with Crippen molar-refractivity contribution >= 4 is 11.8 Å². The molecule has 1 aromatic rings. The maximum atomic E-state index is 5.66. The summed E-state index contributed by atoms with van der Waals surface area (Å²) in [6.07, 6.45) is 5.46. The monoisotopic (exact) mass is 222 g/mol. The number of hydrogen-bond donors (Lipinski definition) is 1. The molecule has 2 N–H and O–H groups in total. The zero-order valence-corrected chi connectivity index (χ0v) is 10.0. The molecule has 1 heterocycles. The van der Waals surface area contributed by atoms with Crippen molar-refractivity contribution in [3.05, 3.63) is 23.4 Å². The minimum atomic E-state index is 0.613. The molecule has 0 unspecified atom stereocenters. The van der Waals surface area contributed by atoms with Gasteiger partial charge >= 0.3 is 0 Å². The molecular formula is C12H18N2S. The molecule has 1 fully saturated rings. The van der Waals surface area contributed by atoms with Gasteiger partial charge in [0.1, 0.15) is 0 Å². The Bertz CT molecular complexity index is 332. The first-order valence-electron chi connectivity index (χ1n) is 5.62. The Morgan fingerprint density at radius 3 is 2.80 bits per heavy atom. The molecule has 0 amide bonds. The Hall–Kier alpha value is -0.540. The highest BCUT2D eigenvalue weighted by molar-refractivity contribution is 7.99. The minimum Gasteiger partial charge on any atom is -0.326 e. The molecule has 1 aliphatic carbocycles. The van der Waals surface area contributed by atoms with E-state index in [1.54, 1.807) is 0 Å². The van der Waals surface area contributed by atoms with Crippen LogP contribution in [0.15, 0.2) is 17.2 Å². The molecule has 1 aromatic heterocycles. The van der Waals surface area contributed by atoms with E-state index in [0.29, 0.717) is 6.54 Å². The normalized spacial score (nSPS) is 17.2. The van der Waals surface area contributed by atoms with Crippen LogP contribution in [-0.2, 0) is 6.54 Å². The summed E-state index contributed by atoms with van der Waals surface area (Å²) >= 11 is 1.93. The maximum absolute atomic E-state index is 5.66. The topological polar surface area (TPSA) is 38.9 Å². The van der Waals surface area contributed by atoms with Gasteiger partial charge in [0.25, 0.3) is 0 Å². The molecule has 15 heavy (non-hydrogen) atoms. The lowest BCUT2D eigenvalue weighted by Crippen LogP contribution is -2.00. The van der Waals surface area contributed by atoms with Crippen LogP contribution in [-0.4, -0.2) is 10.2 Å². The van der Waals surface area contributed by atoms with Crippen molar-refractivity contribution in [3.63, 3.8) is 0 Å². The van der Waals surface area contributed by atoms with Crippen LogP contribution in [0.25, 0.3) is 0 Å². The fourth-order valence-electron chi connectivity index (χ4n) is 2.06. The van der Waals surface area contributed by atoms with Gasteiger partial charge in [-0.15, -0.1) is 11.8 Å². The zero-order valence-electron chi connectivity index (χ0n) is 9.20. The smallest absolute Gasteiger partial charge is 0.0968 e. The van der Waals surface area contributed by atoms with Crippen LogP contribution in [0.4, 0.5) is 0 Å². The Labute approximate surface area is 95.7 Å². The summed E-state index contributed by atoms with van der Waals surface area (Å²) in [6.45, 7) is 2.65. The molecule has 2 nitrogen and oxygen atoms in total. The third kappa shape index (κ3) is 2.95. The average Bonchev–Trinajstić information content (AvgIpc) is 2.69. The lowest BCUT2D eigenvalue weighted by molar-refractivity contribution is 0.886. The lowest BCUT2D eigenvalue weighted by Gasteiger charge is -2.09. The molecule has 1 aliphatic rings. The molecule has 0 aromatic carbocycles. The second-order valence-electron chi connectivity index (χ2n) is 4.18. The number of aryl methyl sites for hydroxylation is 1. The van der Waals surface area contributed by atoms with E-state index in [0.717, 1.165) is 16.0 Å². The van der Waals surface area contributed by atoms with Gasteiger partial charge in [-0.3, -0.25) is 0 Å². The standard InChI is InChI=1S/C12H18N2S/c1-9-6-10(8-13)7-12(14-9)15-11-4-2-3-5-11/h6-7,11H,2-5,8,13H2,1H3. The fraction of sp³-hybridized carbons (Fsp3) is 0.583. The van der Waals surface area contributed by atoms with Crippen molar-refractivity contribution in [1.29, 1.82) is 0 Å². The first-order chi connectivity index (χ1) is 7.28. The number of nitrogens with zero attached hydrogens (tertiary/aromatic N) is 1. The second kappa shape index (κ2) is 4.99. The lowest BCUT2D eigenvalue weighted by atomic mass is 10.2. The van der Waals surface area contributed by atoms with Crippen LogP contribution in [0.2, 0.25) is 0 Å². The van der Waals surface area contributed by atoms with Crippen molar-refractivity contribution in [2.45, 2.75) is 49.4 Å². The van der Waals surface area contributed by atoms with Gasteiger partial charge in [-0.2, -0.15) is 0 Å². The van der Waals surface area contributed by atoms with Crippen molar-refractivity contribution < 1.29 is 0 Å². The summed E-state index contributed by atoms with van der Waals surface area (Å²) in [5, 5.41) is 1.94. The van der Waals surface area contributed by atoms with E-state index in [1.807, 2.05) is 18.7 Å². The van der Waals surface area contributed by atoms with Crippen molar-refractivity contribution in [3.8, 4) is 0 Å². The van der Waals surface area contributed by atoms with E-state index in [1.165, 1.54) is 31.2 Å². The Morgan fingerprint density at radius 2 is 2.13 bits per heavy atom. The van der Waals surface area contributed by atoms with Gasteiger partial charge in [-0.1, -0.05) is 12.8 Å². The molecule has 3 heteroatoms. The third-order valence-electron chi connectivity index (χ3n) is 2.82. The first kappa shape index (κ1) is 11.0. The third-order valence-corrected chi connectivity index (χ3v) is 4.07. The van der Waals surface area contributed by atoms with Gasteiger partial charge in [-0.05, 0) is 37.5 Å². The van der Waals surface area contributed by atoms with Crippen molar-refractivity contribution in [2.75, 3.05) is 0 Å². The molecule has 82 valence electrons. The molecule has 2 rings (SSSR count). The molecular weight excluding hydrogens is 204 g/mol. The number of nitrogens with two attached hydrogens (primary N) is 1. The van der Waals surface area contributed by atoms with Crippen LogP contribution in [0.3, 0.4) is 0 Å². The van der Waals surface area contributed by atoms with Crippen LogP contribution in [0.5, 0.6) is 0 Å². The number of rotatable bonds is 3. The number of pyridine rings is 1. The van der Waals surface area contributed by atoms with Gasteiger partial charge in [0.05, 0.1) is 5.03 Å². The summed E-state index contributed by atoms with van der Waals surface area (Å²) in [5.41, 5.74) is 7.94. The van der Waals surface area contributed by atoms with Gasteiger partial charge < -0.3 is 5.73 Å². The van der Waals surface area contributed by atoms with E-state index in [-0.39, 0.29) is 0 Å². The van der Waals surface area contributed by atoms with Crippen molar-refractivity contribution in [2.24, 2.45) is 5.73 Å². The molecule has 0 saturated heterocycles. The van der Waals surface area contributed by atoms with Gasteiger partial charge in [0.15, 0.2) is 0 Å². The number of aromatic nitrogens is 1. The van der Waals surface area contributed by atoms with Crippen molar-refractivity contribution in [1.82, 2.24) is 4.98 Å². The molecule has 0 aliphatic heterocycles. The zero-order chi connectivity index (χ0) is 10.7. The van der Waals surface area contributed by atoms with Gasteiger partial charge in [0.2, 0.25) is 0 Å². The van der Waals surface area contributed by atoms with E-state index in [4.69, 9.17) is 5.73 Å². The molecule has 1 saturated carbocycles. The second-order valence-corrected chi connectivity index (χ2v) is 5.50. The molecule has 0 atom stereocenters. The van der Waals surface area contributed by atoms with Crippen LogP contribution in [0.1, 0.15) is 36.9 Å². The highest BCUT2D eigenvalue weighted by Crippen LogP contribution is 2.34. The molecule has 0 spiro atoms. The predicted octanol–water partition coefficient (Wildman–Crippen LogP) is 2.88. The number of thioether (sulfide) groups is 1. The van der Waals surface area contributed by atoms with Crippen LogP contribution < -0.4 is 5.73 Å². The molecule has 0 bridgehead atoms. The van der Waals surface area contributed by atoms with E-state index in [9.17, 15) is 0 Å². The van der Waals surface area contributed by atoms with E-state index < -0.39 is 0 Å². The maximum Gasteiger partial charge on any atom is 0.0968 e. The Balaban J connectivity index is 2.09. The van der Waals surface area contributed by atoms with Crippen LogP contribution in [0, 0.1) is 6.92 Å². The fourth-order valence-corrected chi connectivity index (χ4v) is 3.39. The highest BCUT2D eigenvalue weighted by atomic mass is 32.2. The minimum absolute atomic E-state index is 0.613. The number of hydrogen-bond acceptors (Lipinski definition) is 3. The Morgan fingerprint density at radius 1 is 1.40 bits per heavy atom. The van der Waals surface area contributed by atoms with E-state index in [2.05, 4.69) is 17.1 Å².